The minimum Gasteiger partial charge on any atom is -0.507 e. The number of urea groups is 1. The smallest absolute Gasteiger partial charge is 0.321 e. The van der Waals surface area contributed by atoms with Crippen LogP contribution in [0.25, 0.3) is 21.9 Å². The van der Waals surface area contributed by atoms with Gasteiger partial charge in [-0.2, -0.15) is 0 Å². The first kappa shape index (κ1) is 16.6. The van der Waals surface area contributed by atoms with Crippen molar-refractivity contribution in [1.29, 1.82) is 0 Å². The molecule has 0 aliphatic carbocycles. The van der Waals surface area contributed by atoms with E-state index >= 15 is 0 Å². The summed E-state index contributed by atoms with van der Waals surface area (Å²) in [6.07, 6.45) is 1.66. The van der Waals surface area contributed by atoms with E-state index in [1.54, 1.807) is 39.5 Å². The molecule has 0 fully saturated rings. The first-order valence-electron chi connectivity index (χ1n) is 7.74. The monoisotopic (exact) mass is 337 g/mol. The highest BCUT2D eigenvalue weighted by Crippen LogP contribution is 2.38. The number of hydrogen-bond donors (Lipinski definition) is 2. The summed E-state index contributed by atoms with van der Waals surface area (Å²) >= 11 is 0. The van der Waals surface area contributed by atoms with Crippen LogP contribution in [0.1, 0.15) is 0 Å². The minimum atomic E-state index is -0.210. The van der Waals surface area contributed by atoms with Crippen molar-refractivity contribution >= 4 is 22.5 Å². The van der Waals surface area contributed by atoms with Gasteiger partial charge in [0.15, 0.2) is 0 Å². The Morgan fingerprint density at radius 3 is 2.68 bits per heavy atom. The van der Waals surface area contributed by atoms with Crippen molar-refractivity contribution < 1.29 is 14.6 Å². The number of carbonyl (C=O) groups excluding carboxylic acids is 1. The minimum absolute atomic E-state index is 0.149. The van der Waals surface area contributed by atoms with Gasteiger partial charge in [-0.1, -0.05) is 18.2 Å². The maximum Gasteiger partial charge on any atom is 0.321 e. The fraction of sp³-hybridized carbons (Fsp3) is 0.158. The number of phenolic OH excluding ortho intramolecular Hbond substituents is 1. The molecule has 0 aliphatic rings. The third-order valence-corrected chi connectivity index (χ3v) is 3.88. The fourth-order valence-electron chi connectivity index (χ4n) is 2.64. The van der Waals surface area contributed by atoms with Gasteiger partial charge in [-0.05, 0) is 29.8 Å². The topological polar surface area (TPSA) is 74.7 Å². The Labute approximate surface area is 145 Å². The van der Waals surface area contributed by atoms with Crippen LogP contribution in [0.15, 0.2) is 48.7 Å². The van der Waals surface area contributed by atoms with Gasteiger partial charge in [0, 0.05) is 42.3 Å². The number of amides is 2. The molecule has 2 N–H and O–H groups in total. The number of fused-ring (bicyclic) bond motifs is 1. The summed E-state index contributed by atoms with van der Waals surface area (Å²) in [6, 6.07) is 12.4. The Morgan fingerprint density at radius 1 is 1.20 bits per heavy atom. The second-order valence-corrected chi connectivity index (χ2v) is 5.79. The first-order valence-corrected chi connectivity index (χ1v) is 7.74. The van der Waals surface area contributed by atoms with E-state index in [4.69, 9.17) is 4.74 Å². The van der Waals surface area contributed by atoms with Crippen LogP contribution in [0.4, 0.5) is 10.5 Å². The molecule has 1 heterocycles. The number of aromatic nitrogens is 1. The van der Waals surface area contributed by atoms with Crippen LogP contribution in [0.5, 0.6) is 11.6 Å². The Hall–Kier alpha value is -3.28. The van der Waals surface area contributed by atoms with Crippen molar-refractivity contribution in [3.8, 4) is 22.8 Å². The Kier molecular flexibility index (Phi) is 4.43. The quantitative estimate of drug-likeness (QED) is 0.764. The van der Waals surface area contributed by atoms with E-state index in [-0.39, 0.29) is 11.8 Å². The molecule has 0 radical (unpaired) electrons. The van der Waals surface area contributed by atoms with Crippen LogP contribution in [-0.4, -0.2) is 42.2 Å². The fourth-order valence-corrected chi connectivity index (χ4v) is 2.64. The van der Waals surface area contributed by atoms with E-state index in [2.05, 4.69) is 10.3 Å². The molecule has 0 bridgehead atoms. The lowest BCUT2D eigenvalue weighted by atomic mass is 9.99. The van der Waals surface area contributed by atoms with Crippen LogP contribution in [0, 0.1) is 0 Å². The van der Waals surface area contributed by atoms with Gasteiger partial charge in [-0.15, -0.1) is 0 Å². The van der Waals surface area contributed by atoms with E-state index in [0.717, 1.165) is 16.5 Å². The molecule has 1 aromatic heterocycles. The van der Waals surface area contributed by atoms with Crippen molar-refractivity contribution in [1.82, 2.24) is 9.88 Å². The Bertz CT molecular complexity index is 938. The van der Waals surface area contributed by atoms with Crippen molar-refractivity contribution in [3.63, 3.8) is 0 Å². The standard InChI is InChI=1S/C19H19N3O3/c1-22(2)19(24)21-13-7-4-6-12(10-13)15-11-20-18(25-3)14-8-5-9-16(23)17(14)15/h4-11,23H,1-3H3,(H,21,24). The number of pyridine rings is 1. The highest BCUT2D eigenvalue weighted by atomic mass is 16.5. The highest BCUT2D eigenvalue weighted by Gasteiger charge is 2.14. The highest BCUT2D eigenvalue weighted by molar-refractivity contribution is 6.03. The maximum atomic E-state index is 11.9. The lowest BCUT2D eigenvalue weighted by Gasteiger charge is -2.14. The zero-order chi connectivity index (χ0) is 18.0. The second kappa shape index (κ2) is 6.68. The number of phenols is 1. The van der Waals surface area contributed by atoms with Crippen LogP contribution < -0.4 is 10.1 Å². The van der Waals surface area contributed by atoms with Gasteiger partial charge in [0.05, 0.1) is 7.11 Å². The van der Waals surface area contributed by atoms with E-state index in [1.165, 1.54) is 4.90 Å². The summed E-state index contributed by atoms with van der Waals surface area (Å²) in [6.45, 7) is 0. The molecule has 2 aromatic carbocycles. The number of ether oxygens (including phenoxy) is 1. The van der Waals surface area contributed by atoms with Gasteiger partial charge in [0.25, 0.3) is 0 Å². The number of nitrogens with one attached hydrogen (secondary N) is 1. The van der Waals surface area contributed by atoms with E-state index in [1.807, 2.05) is 30.3 Å². The maximum absolute atomic E-state index is 11.9. The lowest BCUT2D eigenvalue weighted by Crippen LogP contribution is -2.27. The lowest BCUT2D eigenvalue weighted by molar-refractivity contribution is 0.230. The second-order valence-electron chi connectivity index (χ2n) is 5.79. The average Bonchev–Trinajstić information content (AvgIpc) is 2.61. The predicted octanol–water partition coefficient (Wildman–Crippen LogP) is 3.71. The third-order valence-electron chi connectivity index (χ3n) is 3.88. The predicted molar refractivity (Wildman–Crippen MR) is 98.1 cm³/mol. The number of carbonyl (C=O) groups is 1. The van der Waals surface area contributed by atoms with Crippen LogP contribution in [0.2, 0.25) is 0 Å². The molecule has 0 spiro atoms. The normalized spacial score (nSPS) is 10.5. The van der Waals surface area contributed by atoms with Crippen molar-refractivity contribution in [2.45, 2.75) is 0 Å². The summed E-state index contributed by atoms with van der Waals surface area (Å²) in [5, 5.41) is 14.6. The van der Waals surface area contributed by atoms with Gasteiger partial charge in [-0.3, -0.25) is 0 Å². The average molecular weight is 337 g/mol. The van der Waals surface area contributed by atoms with Crippen LogP contribution in [-0.2, 0) is 0 Å². The Morgan fingerprint density at radius 2 is 1.96 bits per heavy atom. The third kappa shape index (κ3) is 3.19. The number of methoxy groups -OCH3 is 1. The van der Waals surface area contributed by atoms with Gasteiger partial charge in [-0.25, -0.2) is 9.78 Å². The van der Waals surface area contributed by atoms with Crippen LogP contribution in [0.3, 0.4) is 0 Å². The van der Waals surface area contributed by atoms with E-state index in [9.17, 15) is 9.90 Å². The van der Waals surface area contributed by atoms with Gasteiger partial charge >= 0.3 is 6.03 Å². The number of anilines is 1. The SMILES string of the molecule is COc1ncc(-c2cccc(NC(=O)N(C)C)c2)c2c(O)cccc12. The first-order chi connectivity index (χ1) is 12.0. The molecule has 0 aliphatic heterocycles. The van der Waals surface area contributed by atoms with E-state index in [0.29, 0.717) is 17.0 Å². The molecule has 0 unspecified atom stereocenters. The zero-order valence-electron chi connectivity index (χ0n) is 14.3. The van der Waals surface area contributed by atoms with Crippen molar-refractivity contribution in [2.24, 2.45) is 0 Å². The summed E-state index contributed by atoms with van der Waals surface area (Å²) in [4.78, 5) is 17.6. The number of rotatable bonds is 3. The molecule has 3 aromatic rings. The van der Waals surface area contributed by atoms with E-state index < -0.39 is 0 Å². The molecule has 6 nitrogen and oxygen atoms in total. The van der Waals surface area contributed by atoms with Gasteiger partial charge < -0.3 is 20.1 Å². The number of hydrogen-bond acceptors (Lipinski definition) is 4. The van der Waals surface area contributed by atoms with Crippen molar-refractivity contribution in [2.75, 3.05) is 26.5 Å². The zero-order valence-corrected chi connectivity index (χ0v) is 14.3. The molecule has 0 atom stereocenters. The molecule has 6 heteroatoms. The molecule has 3 rings (SSSR count). The van der Waals surface area contributed by atoms with Gasteiger partial charge in [0.2, 0.25) is 5.88 Å². The Balaban J connectivity index is 2.13. The molecular formula is C19H19N3O3. The largest absolute Gasteiger partial charge is 0.507 e. The summed E-state index contributed by atoms with van der Waals surface area (Å²) < 4.78 is 5.29. The number of benzene rings is 2. The summed E-state index contributed by atoms with van der Waals surface area (Å²) in [5.74, 6) is 0.600. The molecule has 0 saturated heterocycles. The summed E-state index contributed by atoms with van der Waals surface area (Å²) in [5.41, 5.74) is 2.25. The molecule has 128 valence electrons. The van der Waals surface area contributed by atoms with Crippen molar-refractivity contribution in [3.05, 3.63) is 48.7 Å². The van der Waals surface area contributed by atoms with Crippen LogP contribution >= 0.6 is 0 Å². The molecule has 2 amide bonds. The number of nitrogens with zero attached hydrogens (tertiary/aromatic N) is 2. The molecular weight excluding hydrogens is 318 g/mol. The molecule has 25 heavy (non-hydrogen) atoms. The molecule has 0 saturated carbocycles. The summed E-state index contributed by atoms with van der Waals surface area (Å²) in [7, 11) is 4.90. The number of aromatic hydroxyl groups is 1. The van der Waals surface area contributed by atoms with Gasteiger partial charge in [0.1, 0.15) is 5.75 Å².